The largest absolute Gasteiger partial charge is 0.301 e. The van der Waals surface area contributed by atoms with Crippen LogP contribution in [0.2, 0.25) is 0 Å². The van der Waals surface area contributed by atoms with Crippen LogP contribution < -0.4 is 0 Å². The zero-order chi connectivity index (χ0) is 8.27. The van der Waals surface area contributed by atoms with Gasteiger partial charge in [-0.25, -0.2) is 0 Å². The highest BCUT2D eigenvalue weighted by Gasteiger charge is 2.18. The molecule has 0 N–H and O–H groups in total. The number of rotatable bonds is 1. The first-order chi connectivity index (χ1) is 5.24. The molecule has 1 aliphatic rings. The van der Waals surface area contributed by atoms with Crippen LogP contribution in [0.25, 0.3) is 0 Å². The monoisotopic (exact) mass is 151 g/mol. The lowest BCUT2D eigenvalue weighted by Gasteiger charge is -2.32. The van der Waals surface area contributed by atoms with Crippen molar-refractivity contribution in [1.82, 2.24) is 4.90 Å². The molecule has 0 atom stereocenters. The van der Waals surface area contributed by atoms with Crippen LogP contribution in [0.5, 0.6) is 0 Å². The standard InChI is InChI=1S/C10H17N/c1-4-10-5-7-11(8-6-10)9(2)3/h1,9-10H,5-8H2,2-3H3. The van der Waals surface area contributed by atoms with Crippen molar-refractivity contribution in [2.24, 2.45) is 5.92 Å². The molecule has 0 aromatic heterocycles. The topological polar surface area (TPSA) is 3.24 Å². The maximum atomic E-state index is 5.36. The second-order valence-corrected chi connectivity index (χ2v) is 3.57. The van der Waals surface area contributed by atoms with E-state index in [1.807, 2.05) is 0 Å². The van der Waals surface area contributed by atoms with Gasteiger partial charge in [-0.15, -0.1) is 12.3 Å². The lowest BCUT2D eigenvalue weighted by Crippen LogP contribution is -2.38. The summed E-state index contributed by atoms with van der Waals surface area (Å²) in [5.41, 5.74) is 0. The van der Waals surface area contributed by atoms with Crippen LogP contribution in [0, 0.1) is 18.3 Å². The van der Waals surface area contributed by atoms with E-state index in [0.717, 1.165) is 0 Å². The summed E-state index contributed by atoms with van der Waals surface area (Å²) >= 11 is 0. The number of hydrogen-bond donors (Lipinski definition) is 0. The van der Waals surface area contributed by atoms with Crippen molar-refractivity contribution in [3.63, 3.8) is 0 Å². The fourth-order valence-electron chi connectivity index (χ4n) is 1.58. The molecule has 1 aliphatic heterocycles. The van der Waals surface area contributed by atoms with Gasteiger partial charge in [-0.2, -0.15) is 0 Å². The number of likely N-dealkylation sites (tertiary alicyclic amines) is 1. The van der Waals surface area contributed by atoms with E-state index in [0.29, 0.717) is 12.0 Å². The van der Waals surface area contributed by atoms with E-state index >= 15 is 0 Å². The summed E-state index contributed by atoms with van der Waals surface area (Å²) in [6, 6.07) is 0.689. The molecule has 1 nitrogen and oxygen atoms in total. The number of piperidine rings is 1. The predicted octanol–water partition coefficient (Wildman–Crippen LogP) is 1.74. The molecule has 1 heterocycles. The first-order valence-corrected chi connectivity index (χ1v) is 4.44. The van der Waals surface area contributed by atoms with Crippen LogP contribution in [-0.2, 0) is 0 Å². The Balaban J connectivity index is 2.31. The van der Waals surface area contributed by atoms with Crippen LogP contribution in [0.1, 0.15) is 26.7 Å². The minimum Gasteiger partial charge on any atom is -0.301 e. The van der Waals surface area contributed by atoms with E-state index in [1.165, 1.54) is 25.9 Å². The molecule has 11 heavy (non-hydrogen) atoms. The Bertz CT molecular complexity index is 147. The number of nitrogens with zero attached hydrogens (tertiary/aromatic N) is 1. The van der Waals surface area contributed by atoms with Gasteiger partial charge >= 0.3 is 0 Å². The zero-order valence-corrected chi connectivity index (χ0v) is 7.51. The van der Waals surface area contributed by atoms with E-state index in [9.17, 15) is 0 Å². The molecule has 1 saturated heterocycles. The second kappa shape index (κ2) is 3.78. The molecule has 1 rings (SSSR count). The molecule has 0 bridgehead atoms. The Morgan fingerprint density at radius 3 is 2.27 bits per heavy atom. The fourth-order valence-corrected chi connectivity index (χ4v) is 1.58. The minimum atomic E-state index is 0.546. The molecule has 0 radical (unpaired) electrons. The van der Waals surface area contributed by atoms with Gasteiger partial charge < -0.3 is 4.90 Å². The van der Waals surface area contributed by atoms with E-state index in [-0.39, 0.29) is 0 Å². The third-order valence-corrected chi connectivity index (χ3v) is 2.50. The average Bonchev–Trinajstić information content (AvgIpc) is 2.05. The third kappa shape index (κ3) is 2.24. The van der Waals surface area contributed by atoms with Gasteiger partial charge in [0.15, 0.2) is 0 Å². The van der Waals surface area contributed by atoms with Crippen LogP contribution in [-0.4, -0.2) is 24.0 Å². The van der Waals surface area contributed by atoms with Gasteiger partial charge in [0, 0.05) is 12.0 Å². The Morgan fingerprint density at radius 1 is 1.36 bits per heavy atom. The molecular weight excluding hydrogens is 134 g/mol. The lowest BCUT2D eigenvalue weighted by atomic mass is 9.97. The van der Waals surface area contributed by atoms with Crippen LogP contribution in [0.4, 0.5) is 0 Å². The van der Waals surface area contributed by atoms with Crippen LogP contribution in [0.15, 0.2) is 0 Å². The summed E-state index contributed by atoms with van der Waals surface area (Å²) in [4.78, 5) is 2.49. The normalized spacial score (nSPS) is 22.0. The summed E-state index contributed by atoms with van der Waals surface area (Å²) < 4.78 is 0. The molecule has 0 amide bonds. The van der Waals surface area contributed by atoms with Gasteiger partial charge in [-0.3, -0.25) is 0 Å². The van der Waals surface area contributed by atoms with Gasteiger partial charge in [0.1, 0.15) is 0 Å². The van der Waals surface area contributed by atoms with Crippen molar-refractivity contribution in [2.75, 3.05) is 13.1 Å². The molecule has 1 fully saturated rings. The highest BCUT2D eigenvalue weighted by atomic mass is 15.1. The van der Waals surface area contributed by atoms with Crippen molar-refractivity contribution < 1.29 is 0 Å². The fraction of sp³-hybridized carbons (Fsp3) is 0.800. The Morgan fingerprint density at radius 2 is 1.91 bits per heavy atom. The highest BCUT2D eigenvalue weighted by molar-refractivity contribution is 4.95. The molecule has 0 unspecified atom stereocenters. The Labute approximate surface area is 69.8 Å². The zero-order valence-electron chi connectivity index (χ0n) is 7.51. The highest BCUT2D eigenvalue weighted by Crippen LogP contribution is 2.17. The Hall–Kier alpha value is -0.480. The molecule has 0 aromatic rings. The maximum absolute atomic E-state index is 5.36. The average molecular weight is 151 g/mol. The second-order valence-electron chi connectivity index (χ2n) is 3.57. The van der Waals surface area contributed by atoms with Crippen LogP contribution >= 0.6 is 0 Å². The summed E-state index contributed by atoms with van der Waals surface area (Å²) in [5, 5.41) is 0. The predicted molar refractivity (Wildman–Crippen MR) is 48.3 cm³/mol. The molecule has 0 saturated carbocycles. The minimum absolute atomic E-state index is 0.546. The van der Waals surface area contributed by atoms with E-state index in [4.69, 9.17) is 6.42 Å². The van der Waals surface area contributed by atoms with Gasteiger partial charge in [0.2, 0.25) is 0 Å². The molecule has 1 heteroatoms. The van der Waals surface area contributed by atoms with Crippen molar-refractivity contribution >= 4 is 0 Å². The molecule has 0 aliphatic carbocycles. The molecule has 0 spiro atoms. The molecular formula is C10H17N. The van der Waals surface area contributed by atoms with Crippen molar-refractivity contribution in [1.29, 1.82) is 0 Å². The van der Waals surface area contributed by atoms with Crippen molar-refractivity contribution in [3.05, 3.63) is 0 Å². The SMILES string of the molecule is C#CC1CCN(C(C)C)CC1. The van der Waals surface area contributed by atoms with Crippen molar-refractivity contribution in [2.45, 2.75) is 32.7 Å². The summed E-state index contributed by atoms with van der Waals surface area (Å²) in [7, 11) is 0. The lowest BCUT2D eigenvalue weighted by molar-refractivity contribution is 0.167. The number of hydrogen-bond acceptors (Lipinski definition) is 1. The third-order valence-electron chi connectivity index (χ3n) is 2.50. The van der Waals surface area contributed by atoms with Gasteiger partial charge in [-0.05, 0) is 39.8 Å². The van der Waals surface area contributed by atoms with Crippen LogP contribution in [0.3, 0.4) is 0 Å². The van der Waals surface area contributed by atoms with E-state index in [2.05, 4.69) is 24.7 Å². The smallest absolute Gasteiger partial charge is 0.0224 e. The van der Waals surface area contributed by atoms with E-state index in [1.54, 1.807) is 0 Å². The summed E-state index contributed by atoms with van der Waals surface area (Å²) in [6.45, 7) is 6.87. The Kier molecular flexibility index (Phi) is 2.96. The number of terminal acetylenes is 1. The summed E-state index contributed by atoms with van der Waals surface area (Å²) in [6.07, 6.45) is 7.73. The van der Waals surface area contributed by atoms with E-state index < -0.39 is 0 Å². The first-order valence-electron chi connectivity index (χ1n) is 4.44. The molecule has 62 valence electrons. The quantitative estimate of drug-likeness (QED) is 0.516. The van der Waals surface area contributed by atoms with Gasteiger partial charge in [0.05, 0.1) is 0 Å². The van der Waals surface area contributed by atoms with Crippen molar-refractivity contribution in [3.8, 4) is 12.3 Å². The summed E-state index contributed by atoms with van der Waals surface area (Å²) in [5.74, 6) is 3.38. The maximum Gasteiger partial charge on any atom is 0.0224 e. The van der Waals surface area contributed by atoms with Gasteiger partial charge in [0.25, 0.3) is 0 Å². The first kappa shape index (κ1) is 8.62. The van der Waals surface area contributed by atoms with Gasteiger partial charge in [-0.1, -0.05) is 0 Å². The molecule has 0 aromatic carbocycles.